The predicted octanol–water partition coefficient (Wildman–Crippen LogP) is 3.36. The lowest BCUT2D eigenvalue weighted by Gasteiger charge is -2.14. The first-order valence-corrected chi connectivity index (χ1v) is 5.87. The van der Waals surface area contributed by atoms with E-state index in [4.69, 9.17) is 5.26 Å². The van der Waals surface area contributed by atoms with Crippen LogP contribution in [0.15, 0.2) is 12.1 Å². The van der Waals surface area contributed by atoms with Crippen molar-refractivity contribution >= 4 is 28.6 Å². The smallest absolute Gasteiger partial charge is 0.418 e. The van der Waals surface area contributed by atoms with Gasteiger partial charge in [-0.3, -0.25) is 0 Å². The molecule has 0 amide bonds. The normalized spacial score (nSPS) is 10.9. The molecule has 18 heavy (non-hydrogen) atoms. The maximum atomic E-state index is 12.9. The zero-order valence-corrected chi connectivity index (χ0v) is 11.3. The van der Waals surface area contributed by atoms with Crippen molar-refractivity contribution in [2.45, 2.75) is 13.1 Å². The lowest BCUT2D eigenvalue weighted by atomic mass is 10.0. The summed E-state index contributed by atoms with van der Waals surface area (Å²) in [6.45, 7) is 1.45. The molecule has 0 N–H and O–H groups in total. The Morgan fingerprint density at radius 1 is 1.50 bits per heavy atom. The van der Waals surface area contributed by atoms with Gasteiger partial charge in [-0.15, -0.1) is 0 Å². The van der Waals surface area contributed by atoms with Gasteiger partial charge in [0.25, 0.3) is 0 Å². The van der Waals surface area contributed by atoms with Crippen LogP contribution < -0.4 is 0 Å². The molecule has 1 aromatic carbocycles. The average Bonchev–Trinajstić information content (AvgIpc) is 2.27. The average molecular weight is 369 g/mol. The molecule has 0 aliphatic heterocycles. The second kappa shape index (κ2) is 5.56. The molecule has 0 bridgehead atoms. The molecular formula is C11H7F3INO2. The van der Waals surface area contributed by atoms with Crippen LogP contribution in [0.25, 0.3) is 0 Å². The summed E-state index contributed by atoms with van der Waals surface area (Å²) in [6, 6.07) is 3.75. The topological polar surface area (TPSA) is 50.1 Å². The molecule has 0 radical (unpaired) electrons. The molecule has 0 atom stereocenters. The fourth-order valence-corrected chi connectivity index (χ4v) is 2.04. The van der Waals surface area contributed by atoms with Crippen LogP contribution in [0, 0.1) is 14.9 Å². The third-order valence-electron chi connectivity index (χ3n) is 2.04. The highest BCUT2D eigenvalue weighted by atomic mass is 127. The molecular weight excluding hydrogens is 362 g/mol. The number of nitriles is 1. The second-order valence-electron chi connectivity index (χ2n) is 3.17. The molecule has 0 aromatic heterocycles. The number of halogens is 4. The fourth-order valence-electron chi connectivity index (χ4n) is 1.37. The van der Waals surface area contributed by atoms with E-state index in [2.05, 4.69) is 4.74 Å². The summed E-state index contributed by atoms with van der Waals surface area (Å²) < 4.78 is 43.4. The first kappa shape index (κ1) is 14.8. The van der Waals surface area contributed by atoms with Crippen LogP contribution in [0.1, 0.15) is 28.4 Å². The number of esters is 1. The number of rotatable bonds is 2. The van der Waals surface area contributed by atoms with Crippen molar-refractivity contribution in [1.29, 1.82) is 5.26 Å². The molecule has 0 aliphatic rings. The number of hydrogen-bond donors (Lipinski definition) is 0. The third kappa shape index (κ3) is 2.93. The van der Waals surface area contributed by atoms with Gasteiger partial charge < -0.3 is 4.74 Å². The zero-order chi connectivity index (χ0) is 13.9. The molecule has 3 nitrogen and oxygen atoms in total. The summed E-state index contributed by atoms with van der Waals surface area (Å²) >= 11 is 1.60. The predicted molar refractivity (Wildman–Crippen MR) is 64.8 cm³/mol. The van der Waals surface area contributed by atoms with Crippen LogP contribution in [-0.4, -0.2) is 12.6 Å². The first-order valence-electron chi connectivity index (χ1n) is 4.79. The number of nitrogens with zero attached hydrogens (tertiary/aromatic N) is 1. The van der Waals surface area contributed by atoms with Gasteiger partial charge in [0.1, 0.15) is 0 Å². The molecule has 0 unspecified atom stereocenters. The Bertz CT molecular complexity index is 520. The number of carbonyl (C=O) groups excluding carboxylic acids is 1. The molecule has 1 aromatic rings. The molecule has 0 fully saturated rings. The van der Waals surface area contributed by atoms with E-state index < -0.39 is 28.8 Å². The van der Waals surface area contributed by atoms with E-state index in [1.54, 1.807) is 22.6 Å². The van der Waals surface area contributed by atoms with Gasteiger partial charge in [0, 0.05) is 3.57 Å². The van der Waals surface area contributed by atoms with E-state index >= 15 is 0 Å². The van der Waals surface area contributed by atoms with Crippen molar-refractivity contribution in [3.05, 3.63) is 32.4 Å². The van der Waals surface area contributed by atoms with E-state index in [-0.39, 0.29) is 10.2 Å². The van der Waals surface area contributed by atoms with E-state index in [0.29, 0.717) is 0 Å². The van der Waals surface area contributed by atoms with Crippen molar-refractivity contribution in [2.24, 2.45) is 0 Å². The summed E-state index contributed by atoms with van der Waals surface area (Å²) in [4.78, 5) is 11.6. The molecule has 1 rings (SSSR count). The summed E-state index contributed by atoms with van der Waals surface area (Å²) in [5.74, 6) is -1.08. The number of carbonyl (C=O) groups is 1. The minimum atomic E-state index is -4.78. The van der Waals surface area contributed by atoms with Crippen molar-refractivity contribution in [1.82, 2.24) is 0 Å². The Labute approximate surface area is 115 Å². The van der Waals surface area contributed by atoms with Gasteiger partial charge in [0.2, 0.25) is 0 Å². The molecule has 0 aliphatic carbocycles. The van der Waals surface area contributed by atoms with Crippen LogP contribution in [0.2, 0.25) is 0 Å². The fraction of sp³-hybridized carbons (Fsp3) is 0.273. The van der Waals surface area contributed by atoms with Gasteiger partial charge in [0.05, 0.1) is 29.4 Å². The lowest BCUT2D eigenvalue weighted by Crippen LogP contribution is -2.18. The van der Waals surface area contributed by atoms with Crippen molar-refractivity contribution in [2.75, 3.05) is 6.61 Å². The largest absolute Gasteiger partial charge is 0.462 e. The van der Waals surface area contributed by atoms with E-state index in [1.165, 1.54) is 19.1 Å². The monoisotopic (exact) mass is 369 g/mol. The van der Waals surface area contributed by atoms with Crippen LogP contribution >= 0.6 is 22.6 Å². The summed E-state index contributed by atoms with van der Waals surface area (Å²) in [6.07, 6.45) is -4.78. The zero-order valence-electron chi connectivity index (χ0n) is 9.14. The Balaban J connectivity index is 3.58. The van der Waals surface area contributed by atoms with Gasteiger partial charge in [-0.2, -0.15) is 18.4 Å². The maximum absolute atomic E-state index is 12.9. The quantitative estimate of drug-likeness (QED) is 0.594. The lowest BCUT2D eigenvalue weighted by molar-refractivity contribution is -0.138. The van der Waals surface area contributed by atoms with Crippen molar-refractivity contribution < 1.29 is 22.7 Å². The Morgan fingerprint density at radius 2 is 2.11 bits per heavy atom. The molecule has 0 heterocycles. The third-order valence-corrected chi connectivity index (χ3v) is 2.94. The number of hydrogen-bond acceptors (Lipinski definition) is 3. The van der Waals surface area contributed by atoms with Crippen LogP contribution in [-0.2, 0) is 10.9 Å². The molecule has 7 heteroatoms. The highest BCUT2D eigenvalue weighted by Gasteiger charge is 2.39. The Kier molecular flexibility index (Phi) is 4.56. The van der Waals surface area contributed by atoms with E-state index in [0.717, 1.165) is 6.07 Å². The summed E-state index contributed by atoms with van der Waals surface area (Å²) in [5.41, 5.74) is -2.44. The van der Waals surface area contributed by atoms with E-state index in [9.17, 15) is 18.0 Å². The van der Waals surface area contributed by atoms with Crippen molar-refractivity contribution in [3.63, 3.8) is 0 Å². The highest BCUT2D eigenvalue weighted by Crippen LogP contribution is 2.36. The Morgan fingerprint density at radius 3 is 2.56 bits per heavy atom. The van der Waals surface area contributed by atoms with Gasteiger partial charge in [-0.25, -0.2) is 4.79 Å². The molecule has 0 saturated heterocycles. The van der Waals surface area contributed by atoms with Gasteiger partial charge in [0.15, 0.2) is 0 Å². The number of ether oxygens (including phenoxy) is 1. The highest BCUT2D eigenvalue weighted by molar-refractivity contribution is 14.1. The molecule has 0 saturated carbocycles. The number of alkyl halides is 3. The standard InChI is InChI=1S/C11H7F3INO2/c1-2-18-10(17)8-7(15)4-3-6(5-16)9(8)11(12,13)14/h3-4H,2H2,1H3. The van der Waals surface area contributed by atoms with Crippen LogP contribution in [0.5, 0.6) is 0 Å². The summed E-state index contributed by atoms with van der Waals surface area (Å²) in [7, 11) is 0. The maximum Gasteiger partial charge on any atom is 0.418 e. The minimum absolute atomic E-state index is 0.0387. The van der Waals surface area contributed by atoms with Crippen molar-refractivity contribution in [3.8, 4) is 6.07 Å². The number of benzene rings is 1. The molecule has 0 spiro atoms. The Hall–Kier alpha value is -1.30. The van der Waals surface area contributed by atoms with Gasteiger partial charge in [-0.1, -0.05) is 0 Å². The summed E-state index contributed by atoms with van der Waals surface area (Å²) in [5, 5.41) is 8.70. The minimum Gasteiger partial charge on any atom is -0.462 e. The van der Waals surface area contributed by atoms with E-state index in [1.807, 2.05) is 0 Å². The van der Waals surface area contributed by atoms with Gasteiger partial charge in [-0.05, 0) is 41.6 Å². The molecule has 96 valence electrons. The first-order chi connectivity index (χ1) is 8.32. The second-order valence-corrected chi connectivity index (χ2v) is 4.34. The van der Waals surface area contributed by atoms with Gasteiger partial charge >= 0.3 is 12.1 Å². The van der Waals surface area contributed by atoms with Crippen LogP contribution in [0.4, 0.5) is 13.2 Å². The van der Waals surface area contributed by atoms with Crippen LogP contribution in [0.3, 0.4) is 0 Å². The SMILES string of the molecule is CCOC(=O)c1c(I)ccc(C#N)c1C(F)(F)F.